The molecule has 2 N–H and O–H groups in total. The van der Waals surface area contributed by atoms with E-state index < -0.39 is 17.3 Å². The number of aryl methyl sites for hydroxylation is 1. The number of thioether (sulfide) groups is 1. The molecule has 5 rings (SSSR count). The zero-order valence-corrected chi connectivity index (χ0v) is 16.6. The molecule has 2 amide bonds. The summed E-state index contributed by atoms with van der Waals surface area (Å²) in [6.45, 7) is 1.89. The fourth-order valence-corrected chi connectivity index (χ4v) is 4.88. The lowest BCUT2D eigenvalue weighted by molar-refractivity contribution is -0.136. The second-order valence-corrected chi connectivity index (χ2v) is 8.04. The van der Waals surface area contributed by atoms with Crippen LogP contribution >= 0.6 is 11.8 Å². The molecule has 0 radical (unpaired) electrons. The minimum Gasteiger partial charge on any atom is -0.480 e. The van der Waals surface area contributed by atoms with Gasteiger partial charge in [-0.1, -0.05) is 17.8 Å². The summed E-state index contributed by atoms with van der Waals surface area (Å²) in [7, 11) is 0. The maximum absolute atomic E-state index is 13.0. The number of urea groups is 1. The average molecular weight is 420 g/mol. The molecule has 0 aliphatic carbocycles. The van der Waals surface area contributed by atoms with E-state index in [2.05, 4.69) is 15.3 Å². The lowest BCUT2D eigenvalue weighted by atomic mass is 10.00. The van der Waals surface area contributed by atoms with E-state index in [1.807, 2.05) is 25.1 Å². The third-order valence-electron chi connectivity index (χ3n) is 5.02. The molecule has 1 aromatic carbocycles. The molecule has 2 aromatic heterocycles. The number of hydrogen-bond acceptors (Lipinski definition) is 6. The van der Waals surface area contributed by atoms with Crippen LogP contribution in [0, 0.1) is 6.92 Å². The molecule has 4 heterocycles. The van der Waals surface area contributed by atoms with Gasteiger partial charge in [0, 0.05) is 24.0 Å². The fraction of sp³-hybridized carbons (Fsp3) is 0.143. The highest BCUT2D eigenvalue weighted by Gasteiger charge is 2.46. The van der Waals surface area contributed by atoms with Crippen molar-refractivity contribution in [3.63, 3.8) is 0 Å². The predicted molar refractivity (Wildman–Crippen MR) is 110 cm³/mol. The lowest BCUT2D eigenvalue weighted by Gasteiger charge is -2.34. The monoisotopic (exact) mass is 420 g/mol. The van der Waals surface area contributed by atoms with Gasteiger partial charge in [-0.05, 0) is 42.8 Å². The van der Waals surface area contributed by atoms with Gasteiger partial charge in [0.25, 0.3) is 0 Å². The minimum absolute atomic E-state index is 0.375. The first-order chi connectivity index (χ1) is 14.5. The van der Waals surface area contributed by atoms with E-state index in [9.17, 15) is 14.7 Å². The Morgan fingerprint density at radius 1 is 1.17 bits per heavy atom. The number of aliphatic carboxylic acids is 1. The molecule has 0 bridgehead atoms. The number of benzene rings is 1. The maximum atomic E-state index is 13.0. The van der Waals surface area contributed by atoms with Crippen LogP contribution in [0.25, 0.3) is 0 Å². The summed E-state index contributed by atoms with van der Waals surface area (Å²) in [6.07, 6.45) is 3.25. The van der Waals surface area contributed by atoms with Gasteiger partial charge in [-0.15, -0.1) is 0 Å². The number of hydrogen-bond donors (Lipinski definition) is 2. The third-order valence-corrected chi connectivity index (χ3v) is 6.29. The van der Waals surface area contributed by atoms with Crippen molar-refractivity contribution in [2.45, 2.75) is 23.2 Å². The Morgan fingerprint density at radius 2 is 2.03 bits per heavy atom. The number of pyridine rings is 2. The SMILES string of the molecule is Cc1cc(Oc2ccccn2)ccc1N1C(=O)NC2c3c1ccnc3SC2C(=O)O. The average Bonchev–Trinajstić information content (AvgIpc) is 3.10. The Bertz CT molecular complexity index is 1170. The molecule has 2 aliphatic heterocycles. The maximum Gasteiger partial charge on any atom is 0.327 e. The highest BCUT2D eigenvalue weighted by atomic mass is 32.2. The quantitative estimate of drug-likeness (QED) is 0.656. The van der Waals surface area contributed by atoms with Crippen LogP contribution in [0.5, 0.6) is 11.6 Å². The van der Waals surface area contributed by atoms with Gasteiger partial charge in [0.2, 0.25) is 5.88 Å². The highest BCUT2D eigenvalue weighted by Crippen LogP contribution is 2.50. The van der Waals surface area contributed by atoms with Gasteiger partial charge >= 0.3 is 12.0 Å². The van der Waals surface area contributed by atoms with Gasteiger partial charge in [0.05, 0.1) is 17.4 Å². The number of carbonyl (C=O) groups excluding carboxylic acids is 1. The first-order valence-corrected chi connectivity index (χ1v) is 10.1. The standard InChI is InChI=1S/C21H16N4O4S/c1-11-10-12(29-15-4-2-3-8-22-15)5-6-13(11)25-14-7-9-23-19-16(14)17(24-21(25)28)18(30-19)20(26)27/h2-10,17-18H,1H3,(H,24,28)(H,26,27). The van der Waals surface area contributed by atoms with E-state index in [4.69, 9.17) is 4.74 Å². The smallest absolute Gasteiger partial charge is 0.327 e. The summed E-state index contributed by atoms with van der Waals surface area (Å²) in [6, 6.07) is 11.6. The van der Waals surface area contributed by atoms with E-state index in [-0.39, 0.29) is 6.03 Å². The molecule has 0 saturated carbocycles. The summed E-state index contributed by atoms with van der Waals surface area (Å²) in [4.78, 5) is 34.7. The van der Waals surface area contributed by atoms with E-state index in [1.165, 1.54) is 0 Å². The van der Waals surface area contributed by atoms with Crippen molar-refractivity contribution < 1.29 is 19.4 Å². The molecule has 2 atom stereocenters. The number of ether oxygens (including phenoxy) is 1. The fourth-order valence-electron chi connectivity index (χ4n) is 3.72. The Balaban J connectivity index is 1.53. The molecule has 2 unspecified atom stereocenters. The molecule has 8 nitrogen and oxygen atoms in total. The van der Waals surface area contributed by atoms with Crippen molar-refractivity contribution in [1.29, 1.82) is 0 Å². The molecule has 0 spiro atoms. The van der Waals surface area contributed by atoms with E-state index >= 15 is 0 Å². The lowest BCUT2D eigenvalue weighted by Crippen LogP contribution is -2.47. The minimum atomic E-state index is -0.977. The predicted octanol–water partition coefficient (Wildman–Crippen LogP) is 4.04. The van der Waals surface area contributed by atoms with Crippen molar-refractivity contribution in [1.82, 2.24) is 15.3 Å². The highest BCUT2D eigenvalue weighted by molar-refractivity contribution is 8.00. The van der Waals surface area contributed by atoms with Crippen LogP contribution in [0.1, 0.15) is 17.2 Å². The summed E-state index contributed by atoms with van der Waals surface area (Å²) >= 11 is 1.16. The molecule has 0 saturated heterocycles. The molecule has 30 heavy (non-hydrogen) atoms. The van der Waals surface area contributed by atoms with Crippen LogP contribution in [-0.4, -0.2) is 32.3 Å². The van der Waals surface area contributed by atoms with Gasteiger partial charge in [0.15, 0.2) is 0 Å². The zero-order chi connectivity index (χ0) is 20.8. The second-order valence-electron chi connectivity index (χ2n) is 6.91. The van der Waals surface area contributed by atoms with Crippen LogP contribution in [0.4, 0.5) is 16.2 Å². The topological polar surface area (TPSA) is 105 Å². The molecule has 150 valence electrons. The molecule has 3 aromatic rings. The molecular formula is C21H16N4O4S. The molecule has 0 fully saturated rings. The molecule has 9 heteroatoms. The zero-order valence-electron chi connectivity index (χ0n) is 15.8. The number of anilines is 2. The Labute approximate surface area is 175 Å². The number of carboxylic acids is 1. The number of carboxylic acid groups (broad SMARTS) is 1. The van der Waals surface area contributed by atoms with Gasteiger partial charge in [0.1, 0.15) is 16.0 Å². The number of nitrogens with zero attached hydrogens (tertiary/aromatic N) is 3. The van der Waals surface area contributed by atoms with Gasteiger partial charge in [-0.3, -0.25) is 9.69 Å². The first-order valence-electron chi connectivity index (χ1n) is 9.21. The summed E-state index contributed by atoms with van der Waals surface area (Å²) < 4.78 is 5.78. The van der Waals surface area contributed by atoms with Gasteiger partial charge < -0.3 is 15.2 Å². The normalized spacial score (nSPS) is 19.2. The number of rotatable bonds is 4. The number of amides is 2. The Morgan fingerprint density at radius 3 is 2.77 bits per heavy atom. The van der Waals surface area contributed by atoms with Crippen molar-refractivity contribution in [3.8, 4) is 11.6 Å². The summed E-state index contributed by atoms with van der Waals surface area (Å²) in [5.74, 6) is 0.105. The van der Waals surface area contributed by atoms with Crippen molar-refractivity contribution in [2.75, 3.05) is 4.90 Å². The van der Waals surface area contributed by atoms with Crippen molar-refractivity contribution >= 4 is 35.1 Å². The Hall–Kier alpha value is -3.59. The van der Waals surface area contributed by atoms with Crippen LogP contribution in [0.2, 0.25) is 0 Å². The van der Waals surface area contributed by atoms with Crippen molar-refractivity contribution in [3.05, 3.63) is 66.0 Å². The molecular weight excluding hydrogens is 404 g/mol. The number of carbonyl (C=O) groups is 2. The largest absolute Gasteiger partial charge is 0.480 e. The second kappa shape index (κ2) is 7.03. The van der Waals surface area contributed by atoms with Crippen LogP contribution < -0.4 is 15.0 Å². The first kappa shape index (κ1) is 18.4. The van der Waals surface area contributed by atoms with Gasteiger partial charge in [-0.25, -0.2) is 14.8 Å². The molecule has 2 aliphatic rings. The number of nitrogens with one attached hydrogen (secondary N) is 1. The van der Waals surface area contributed by atoms with Crippen LogP contribution in [0.3, 0.4) is 0 Å². The van der Waals surface area contributed by atoms with Crippen LogP contribution in [-0.2, 0) is 4.79 Å². The summed E-state index contributed by atoms with van der Waals surface area (Å²) in [5.41, 5.74) is 2.88. The van der Waals surface area contributed by atoms with E-state index in [0.29, 0.717) is 28.0 Å². The van der Waals surface area contributed by atoms with Crippen molar-refractivity contribution in [2.24, 2.45) is 0 Å². The van der Waals surface area contributed by atoms with E-state index in [0.717, 1.165) is 22.9 Å². The Kier molecular flexibility index (Phi) is 4.32. The third kappa shape index (κ3) is 2.94. The summed E-state index contributed by atoms with van der Waals surface area (Å²) in [5, 5.41) is 12.2. The van der Waals surface area contributed by atoms with E-state index in [1.54, 1.807) is 41.6 Å². The number of aromatic nitrogens is 2. The van der Waals surface area contributed by atoms with Gasteiger partial charge in [-0.2, -0.15) is 0 Å². The van der Waals surface area contributed by atoms with Crippen LogP contribution in [0.15, 0.2) is 59.9 Å².